The molecule has 0 bridgehead atoms. The second kappa shape index (κ2) is 2.48. The maximum Gasteiger partial charge on any atom is 0.191 e. The second-order valence-electron chi connectivity index (χ2n) is 1.85. The van der Waals surface area contributed by atoms with Crippen molar-refractivity contribution in [3.63, 3.8) is 0 Å². The summed E-state index contributed by atoms with van der Waals surface area (Å²) in [6, 6.07) is 0. The summed E-state index contributed by atoms with van der Waals surface area (Å²) < 4.78 is 4.37. The van der Waals surface area contributed by atoms with Gasteiger partial charge in [-0.25, -0.2) is 4.63 Å². The Morgan fingerprint density at radius 2 is 2.33 bits per heavy atom. The third-order valence-corrected chi connectivity index (χ3v) is 1.07. The van der Waals surface area contributed by atoms with Gasteiger partial charge in [0.25, 0.3) is 0 Å². The highest BCUT2D eigenvalue weighted by Crippen LogP contribution is 2.05. The zero-order valence-corrected chi connectivity index (χ0v) is 5.29. The summed E-state index contributed by atoms with van der Waals surface area (Å²) in [5, 5.41) is 7.02. The number of nitrogens with two attached hydrogens (primary N) is 1. The van der Waals surface area contributed by atoms with Gasteiger partial charge in [0.1, 0.15) is 5.69 Å². The highest BCUT2D eigenvalue weighted by atomic mass is 16.6. The average Bonchev–Trinajstić information content (AvgIpc) is 2.18. The highest BCUT2D eigenvalue weighted by Gasteiger charge is 2.02. The largest absolute Gasteiger partial charge is 0.379 e. The van der Waals surface area contributed by atoms with Crippen molar-refractivity contribution in [2.24, 2.45) is 0 Å². The van der Waals surface area contributed by atoms with E-state index in [0.717, 1.165) is 18.5 Å². The van der Waals surface area contributed by atoms with E-state index >= 15 is 0 Å². The fourth-order valence-electron chi connectivity index (χ4n) is 0.624. The lowest BCUT2D eigenvalue weighted by molar-refractivity contribution is 0.304. The zero-order chi connectivity index (χ0) is 6.69. The minimum atomic E-state index is 0.414. The highest BCUT2D eigenvalue weighted by molar-refractivity contribution is 5.30. The lowest BCUT2D eigenvalue weighted by Crippen LogP contribution is -1.91. The monoisotopic (exact) mass is 127 g/mol. The van der Waals surface area contributed by atoms with Crippen LogP contribution in [0.2, 0.25) is 0 Å². The van der Waals surface area contributed by atoms with Gasteiger partial charge in [-0.1, -0.05) is 18.5 Å². The van der Waals surface area contributed by atoms with Crippen LogP contribution in [0, 0.1) is 0 Å². The maximum atomic E-state index is 5.36. The van der Waals surface area contributed by atoms with Crippen molar-refractivity contribution in [2.45, 2.75) is 19.8 Å². The summed E-state index contributed by atoms with van der Waals surface area (Å²) >= 11 is 0. The van der Waals surface area contributed by atoms with Gasteiger partial charge in [-0.3, -0.25) is 0 Å². The van der Waals surface area contributed by atoms with Crippen LogP contribution in [0.5, 0.6) is 0 Å². The van der Waals surface area contributed by atoms with Crippen molar-refractivity contribution in [2.75, 3.05) is 5.73 Å². The third kappa shape index (κ3) is 1.19. The van der Waals surface area contributed by atoms with E-state index in [9.17, 15) is 0 Å². The molecule has 0 aliphatic carbocycles. The standard InChI is InChI=1S/C5H9N3O/c1-2-3-4-5(6)8-9-7-4/h2-3H2,1H3,(H2,6,8). The van der Waals surface area contributed by atoms with Gasteiger partial charge in [-0.2, -0.15) is 0 Å². The quantitative estimate of drug-likeness (QED) is 0.632. The third-order valence-electron chi connectivity index (χ3n) is 1.07. The van der Waals surface area contributed by atoms with Crippen molar-refractivity contribution < 1.29 is 4.63 Å². The first-order chi connectivity index (χ1) is 4.34. The van der Waals surface area contributed by atoms with Crippen LogP contribution in [0.25, 0.3) is 0 Å². The summed E-state index contributed by atoms with van der Waals surface area (Å²) in [4.78, 5) is 0. The van der Waals surface area contributed by atoms with Crippen LogP contribution in [-0.2, 0) is 6.42 Å². The van der Waals surface area contributed by atoms with Crippen molar-refractivity contribution >= 4 is 5.82 Å². The van der Waals surface area contributed by atoms with E-state index in [0.29, 0.717) is 5.82 Å². The molecular formula is C5H9N3O. The van der Waals surface area contributed by atoms with Crippen LogP contribution in [0.1, 0.15) is 19.0 Å². The van der Waals surface area contributed by atoms with Gasteiger partial charge in [0.2, 0.25) is 0 Å². The summed E-state index contributed by atoms with van der Waals surface area (Å²) in [7, 11) is 0. The minimum absolute atomic E-state index is 0.414. The van der Waals surface area contributed by atoms with Crippen molar-refractivity contribution in [1.82, 2.24) is 10.3 Å². The number of hydrogen-bond donors (Lipinski definition) is 1. The van der Waals surface area contributed by atoms with E-state index in [4.69, 9.17) is 5.73 Å². The first-order valence-electron chi connectivity index (χ1n) is 2.91. The topological polar surface area (TPSA) is 64.9 Å². The number of hydrogen-bond acceptors (Lipinski definition) is 4. The molecule has 1 aromatic heterocycles. The Morgan fingerprint density at radius 1 is 1.56 bits per heavy atom. The summed E-state index contributed by atoms with van der Waals surface area (Å²) in [6.45, 7) is 2.05. The van der Waals surface area contributed by atoms with Gasteiger partial charge >= 0.3 is 0 Å². The van der Waals surface area contributed by atoms with Gasteiger partial charge in [0.05, 0.1) is 0 Å². The Labute approximate surface area is 53.0 Å². The number of aryl methyl sites for hydroxylation is 1. The Kier molecular flexibility index (Phi) is 1.67. The molecule has 1 aromatic rings. The van der Waals surface area contributed by atoms with E-state index in [-0.39, 0.29) is 0 Å². The predicted octanol–water partition coefficient (Wildman–Crippen LogP) is 0.604. The smallest absolute Gasteiger partial charge is 0.191 e. The Morgan fingerprint density at radius 3 is 2.78 bits per heavy atom. The molecule has 1 rings (SSSR count). The van der Waals surface area contributed by atoms with E-state index in [2.05, 4.69) is 14.9 Å². The lowest BCUT2D eigenvalue weighted by Gasteiger charge is -1.86. The van der Waals surface area contributed by atoms with E-state index < -0.39 is 0 Å². The van der Waals surface area contributed by atoms with Gasteiger partial charge in [0, 0.05) is 0 Å². The van der Waals surface area contributed by atoms with Crippen LogP contribution in [0.4, 0.5) is 5.82 Å². The molecule has 4 nitrogen and oxygen atoms in total. The Balaban J connectivity index is 2.69. The molecule has 0 radical (unpaired) electrons. The molecule has 2 N–H and O–H groups in total. The molecule has 0 fully saturated rings. The number of rotatable bonds is 2. The van der Waals surface area contributed by atoms with E-state index in [1.165, 1.54) is 0 Å². The van der Waals surface area contributed by atoms with Crippen LogP contribution in [-0.4, -0.2) is 10.3 Å². The number of aromatic nitrogens is 2. The van der Waals surface area contributed by atoms with Gasteiger partial charge in [-0.15, -0.1) is 0 Å². The summed E-state index contributed by atoms with van der Waals surface area (Å²) in [5.74, 6) is 0.414. The molecule has 4 heteroatoms. The molecule has 0 spiro atoms. The first-order valence-corrected chi connectivity index (χ1v) is 2.91. The molecule has 0 aliphatic heterocycles. The molecule has 0 amide bonds. The molecule has 50 valence electrons. The van der Waals surface area contributed by atoms with Crippen LogP contribution in [0.3, 0.4) is 0 Å². The molecule has 0 unspecified atom stereocenters. The van der Waals surface area contributed by atoms with Crippen LogP contribution in [0.15, 0.2) is 4.63 Å². The molecule has 0 aromatic carbocycles. The zero-order valence-electron chi connectivity index (χ0n) is 5.29. The Bertz CT molecular complexity index is 184. The molecule has 0 saturated carbocycles. The molecule has 0 saturated heterocycles. The summed E-state index contributed by atoms with van der Waals surface area (Å²) in [5.41, 5.74) is 6.12. The molecular weight excluding hydrogens is 118 g/mol. The van der Waals surface area contributed by atoms with Gasteiger partial charge in [0.15, 0.2) is 5.82 Å². The fourth-order valence-corrected chi connectivity index (χ4v) is 0.624. The SMILES string of the molecule is CCCc1nonc1N. The Hall–Kier alpha value is -1.06. The summed E-state index contributed by atoms with van der Waals surface area (Å²) in [6.07, 6.45) is 1.85. The predicted molar refractivity (Wildman–Crippen MR) is 32.7 cm³/mol. The van der Waals surface area contributed by atoms with Gasteiger partial charge in [-0.05, 0) is 11.6 Å². The number of anilines is 1. The van der Waals surface area contributed by atoms with E-state index in [1.807, 2.05) is 6.92 Å². The average molecular weight is 127 g/mol. The first kappa shape index (κ1) is 6.07. The van der Waals surface area contributed by atoms with Crippen LogP contribution >= 0.6 is 0 Å². The molecule has 0 atom stereocenters. The van der Waals surface area contributed by atoms with Crippen molar-refractivity contribution in [3.05, 3.63) is 5.69 Å². The maximum absolute atomic E-state index is 5.36. The molecule has 1 heterocycles. The van der Waals surface area contributed by atoms with Crippen LogP contribution < -0.4 is 5.73 Å². The van der Waals surface area contributed by atoms with Crippen molar-refractivity contribution in [1.29, 1.82) is 0 Å². The fraction of sp³-hybridized carbons (Fsp3) is 0.600. The minimum Gasteiger partial charge on any atom is -0.379 e. The lowest BCUT2D eigenvalue weighted by atomic mass is 10.2. The number of nitrogen functional groups attached to an aromatic ring is 1. The van der Waals surface area contributed by atoms with E-state index in [1.54, 1.807) is 0 Å². The van der Waals surface area contributed by atoms with Gasteiger partial charge < -0.3 is 5.73 Å². The molecule has 9 heavy (non-hydrogen) atoms. The normalized spacial score (nSPS) is 9.89. The van der Waals surface area contributed by atoms with Crippen molar-refractivity contribution in [3.8, 4) is 0 Å². The number of nitrogens with zero attached hydrogens (tertiary/aromatic N) is 2. The second-order valence-corrected chi connectivity index (χ2v) is 1.85. The molecule has 0 aliphatic rings.